The van der Waals surface area contributed by atoms with Crippen LogP contribution in [0.25, 0.3) is 0 Å². The van der Waals surface area contributed by atoms with Gasteiger partial charge in [0, 0.05) is 6.04 Å². The molecule has 66 valence electrons. The molecule has 5 heteroatoms. The van der Waals surface area contributed by atoms with Gasteiger partial charge in [0.1, 0.15) is 0 Å². The van der Waals surface area contributed by atoms with E-state index in [1.54, 1.807) is 0 Å². The van der Waals surface area contributed by atoms with E-state index < -0.39 is 0 Å². The molecule has 0 radical (unpaired) electrons. The number of rotatable bonds is 0. The molecular formula is C7H15KN2S2. The van der Waals surface area contributed by atoms with Crippen molar-refractivity contribution in [3.63, 3.8) is 0 Å². The molecule has 0 saturated heterocycles. The summed E-state index contributed by atoms with van der Waals surface area (Å²) >= 11 is 8.26. The molecule has 0 aromatic carbocycles. The molecule has 1 aliphatic carbocycles. The van der Waals surface area contributed by atoms with Gasteiger partial charge in [0.05, 0.1) is 0 Å². The normalized spacial score (nSPS) is 16.8. The van der Waals surface area contributed by atoms with Crippen LogP contribution in [0.4, 0.5) is 0 Å². The van der Waals surface area contributed by atoms with Gasteiger partial charge in [-0.2, -0.15) is 0 Å². The minimum absolute atomic E-state index is 0. The molecule has 0 spiro atoms. The summed E-state index contributed by atoms with van der Waals surface area (Å²) < 4.78 is 0.0833. The zero-order valence-corrected chi connectivity index (χ0v) is 12.3. The minimum atomic E-state index is 0. The molecule has 0 bridgehead atoms. The van der Waals surface area contributed by atoms with E-state index in [4.69, 9.17) is 5.73 Å². The summed E-state index contributed by atoms with van der Waals surface area (Å²) in [5, 5.41) is 0. The first kappa shape index (κ1) is 16.1. The van der Waals surface area contributed by atoms with Gasteiger partial charge in [0.25, 0.3) is 0 Å². The fourth-order valence-electron chi connectivity index (χ4n) is 1.13. The molecular weight excluding hydrogens is 215 g/mol. The number of nitrogens with two attached hydrogens (primary N) is 2. The third-order valence-electron chi connectivity index (χ3n) is 1.65. The molecule has 2 nitrogen and oxygen atoms in total. The first-order chi connectivity index (χ1) is 5.13. The van der Waals surface area contributed by atoms with E-state index in [0.717, 1.165) is 0 Å². The SMILES string of the molecule is NC(=S)[S-].NC1CCCCC1.[K+]. The average Bonchev–Trinajstić information content (AvgIpc) is 1.87. The van der Waals surface area contributed by atoms with Gasteiger partial charge in [-0.25, -0.2) is 0 Å². The summed E-state index contributed by atoms with van der Waals surface area (Å²) in [4.78, 5) is 0. The van der Waals surface area contributed by atoms with Gasteiger partial charge in [0.2, 0.25) is 0 Å². The van der Waals surface area contributed by atoms with E-state index in [-0.39, 0.29) is 55.7 Å². The second-order valence-corrected chi connectivity index (χ2v) is 3.86. The second-order valence-electron chi connectivity index (χ2n) is 2.72. The minimum Gasteiger partial charge on any atom is -0.415 e. The number of thiocarbonyl (C=S) groups is 1. The van der Waals surface area contributed by atoms with Crippen molar-refractivity contribution in [1.29, 1.82) is 0 Å². The first-order valence-electron chi connectivity index (χ1n) is 3.85. The fraction of sp³-hybridized carbons (Fsp3) is 0.857. The molecule has 0 aliphatic heterocycles. The summed E-state index contributed by atoms with van der Waals surface area (Å²) in [6.07, 6.45) is 6.66. The molecule has 0 atom stereocenters. The van der Waals surface area contributed by atoms with Crippen LogP contribution in [0.2, 0.25) is 0 Å². The Balaban J connectivity index is 0. The van der Waals surface area contributed by atoms with Gasteiger partial charge >= 0.3 is 51.4 Å². The monoisotopic (exact) mass is 230 g/mol. The second kappa shape index (κ2) is 10.8. The van der Waals surface area contributed by atoms with Crippen molar-refractivity contribution in [1.82, 2.24) is 0 Å². The Kier molecular flexibility index (Phi) is 14.5. The Labute approximate surface area is 128 Å². The molecule has 1 saturated carbocycles. The van der Waals surface area contributed by atoms with Gasteiger partial charge in [-0.1, -0.05) is 23.6 Å². The van der Waals surface area contributed by atoms with Crippen molar-refractivity contribution in [2.75, 3.05) is 0 Å². The molecule has 0 amide bonds. The molecule has 12 heavy (non-hydrogen) atoms. The van der Waals surface area contributed by atoms with Crippen LogP contribution in [-0.4, -0.2) is 10.4 Å². The molecule has 4 N–H and O–H groups in total. The van der Waals surface area contributed by atoms with Crippen LogP contribution in [0.3, 0.4) is 0 Å². The molecule has 1 aliphatic rings. The molecule has 0 aromatic heterocycles. The maximum atomic E-state index is 5.63. The van der Waals surface area contributed by atoms with Crippen LogP contribution in [-0.2, 0) is 12.6 Å². The summed E-state index contributed by atoms with van der Waals surface area (Å²) in [6.45, 7) is 0. The topological polar surface area (TPSA) is 52.0 Å². The van der Waals surface area contributed by atoms with Crippen molar-refractivity contribution >= 4 is 29.2 Å². The van der Waals surface area contributed by atoms with Crippen LogP contribution >= 0.6 is 12.2 Å². The Morgan fingerprint density at radius 1 is 1.25 bits per heavy atom. The van der Waals surface area contributed by atoms with Gasteiger partial charge in [-0.05, 0) is 12.8 Å². The van der Waals surface area contributed by atoms with Crippen LogP contribution in [0.1, 0.15) is 32.1 Å². The third-order valence-corrected chi connectivity index (χ3v) is 1.65. The fourth-order valence-corrected chi connectivity index (χ4v) is 1.13. The Hall–Kier alpha value is 1.71. The van der Waals surface area contributed by atoms with Gasteiger partial charge in [-0.3, -0.25) is 0 Å². The molecule has 1 fully saturated rings. The van der Waals surface area contributed by atoms with E-state index in [0.29, 0.717) is 6.04 Å². The van der Waals surface area contributed by atoms with Crippen LogP contribution in [0.15, 0.2) is 0 Å². The summed E-state index contributed by atoms with van der Waals surface area (Å²) in [6, 6.07) is 0.536. The predicted octanol–water partition coefficient (Wildman–Crippen LogP) is -1.94. The van der Waals surface area contributed by atoms with Crippen LogP contribution in [0, 0.1) is 0 Å². The number of hydrogen-bond acceptors (Lipinski definition) is 3. The van der Waals surface area contributed by atoms with Crippen molar-refractivity contribution in [3.05, 3.63) is 0 Å². The predicted molar refractivity (Wildman–Crippen MR) is 55.2 cm³/mol. The molecule has 0 heterocycles. The van der Waals surface area contributed by atoms with E-state index in [9.17, 15) is 0 Å². The molecule has 1 rings (SSSR count). The first-order valence-corrected chi connectivity index (χ1v) is 4.66. The Morgan fingerprint density at radius 2 is 1.58 bits per heavy atom. The molecule has 0 unspecified atom stereocenters. The van der Waals surface area contributed by atoms with Crippen LogP contribution < -0.4 is 62.9 Å². The van der Waals surface area contributed by atoms with Crippen molar-refractivity contribution in [3.8, 4) is 0 Å². The smallest absolute Gasteiger partial charge is 0.415 e. The standard InChI is InChI=1S/C6H13N.CH3NS2.K/c7-6-4-2-1-3-5-6;2-1(3)4;/h6H,1-5,7H2;(H3,2,3,4);/q;;+1/p-1. The van der Waals surface area contributed by atoms with Gasteiger partial charge in [0.15, 0.2) is 0 Å². The Bertz CT molecular complexity index is 112. The largest absolute Gasteiger partial charge is 1.00 e. The van der Waals surface area contributed by atoms with E-state index in [1.807, 2.05) is 0 Å². The quantitative estimate of drug-likeness (QED) is 0.289. The summed E-state index contributed by atoms with van der Waals surface area (Å²) in [5.74, 6) is 0. The van der Waals surface area contributed by atoms with E-state index in [2.05, 4.69) is 30.6 Å². The van der Waals surface area contributed by atoms with Crippen molar-refractivity contribution in [2.45, 2.75) is 38.1 Å². The zero-order chi connectivity index (χ0) is 8.69. The van der Waals surface area contributed by atoms with Gasteiger partial charge < -0.3 is 36.3 Å². The maximum Gasteiger partial charge on any atom is 1.00 e. The zero-order valence-electron chi connectivity index (χ0n) is 7.58. The van der Waals surface area contributed by atoms with Gasteiger partial charge in [-0.15, -0.1) is 0 Å². The third kappa shape index (κ3) is 14.2. The Morgan fingerprint density at radius 3 is 1.75 bits per heavy atom. The maximum absolute atomic E-state index is 5.63. The van der Waals surface area contributed by atoms with Crippen molar-refractivity contribution in [2.24, 2.45) is 11.5 Å². The summed E-state index contributed by atoms with van der Waals surface area (Å²) in [7, 11) is 0. The van der Waals surface area contributed by atoms with Crippen LogP contribution in [0.5, 0.6) is 0 Å². The molecule has 0 aromatic rings. The van der Waals surface area contributed by atoms with E-state index >= 15 is 0 Å². The average molecular weight is 230 g/mol. The van der Waals surface area contributed by atoms with Crippen molar-refractivity contribution < 1.29 is 51.4 Å². The number of hydrogen-bond donors (Lipinski definition) is 2. The summed E-state index contributed by atoms with van der Waals surface area (Å²) in [5.41, 5.74) is 10.3. The van der Waals surface area contributed by atoms with E-state index in [1.165, 1.54) is 32.1 Å².